The Hall–Kier alpha value is -1.53. The zero-order chi connectivity index (χ0) is 16.2. The summed E-state index contributed by atoms with van der Waals surface area (Å²) in [5.74, 6) is 3.32. The van der Waals surface area contributed by atoms with Crippen LogP contribution in [0.15, 0.2) is 18.2 Å². The van der Waals surface area contributed by atoms with E-state index in [0.717, 1.165) is 12.0 Å². The van der Waals surface area contributed by atoms with Crippen molar-refractivity contribution in [2.75, 3.05) is 0 Å². The average Bonchev–Trinajstić information content (AvgIpc) is 2.42. The lowest BCUT2D eigenvalue weighted by Crippen LogP contribution is -2.50. The summed E-state index contributed by atoms with van der Waals surface area (Å²) < 4.78 is 6.56. The molecule has 2 nitrogen and oxygen atoms in total. The molecule has 1 rings (SSSR count). The fourth-order valence-corrected chi connectivity index (χ4v) is 8.62. The van der Waals surface area contributed by atoms with Crippen LogP contribution in [-0.2, 0) is 0 Å². The Balaban J connectivity index is 3.33. The summed E-state index contributed by atoms with van der Waals surface area (Å²) in [5.41, 5.74) is 2.69. The molecule has 0 N–H and O–H groups in total. The van der Waals surface area contributed by atoms with E-state index in [4.69, 9.17) is 10.8 Å². The van der Waals surface area contributed by atoms with Gasteiger partial charge in [0, 0.05) is 11.1 Å². The summed E-state index contributed by atoms with van der Waals surface area (Å²) in [7, 11) is -2.02. The van der Waals surface area contributed by atoms with Crippen LogP contribution < -0.4 is 4.43 Å². The fraction of sp³-hybridized carbons (Fsp3) is 0.500. The predicted molar refractivity (Wildman–Crippen MR) is 91.4 cm³/mol. The van der Waals surface area contributed by atoms with Gasteiger partial charge in [-0.3, -0.25) is 4.79 Å². The van der Waals surface area contributed by atoms with Gasteiger partial charge in [-0.2, -0.15) is 0 Å². The quantitative estimate of drug-likeness (QED) is 0.418. The van der Waals surface area contributed by atoms with Gasteiger partial charge in [-0.1, -0.05) is 47.5 Å². The zero-order valence-electron chi connectivity index (χ0n) is 13.9. The number of carbonyl (C=O) groups is 1. The van der Waals surface area contributed by atoms with Crippen LogP contribution >= 0.6 is 0 Å². The van der Waals surface area contributed by atoms with E-state index in [1.165, 1.54) is 0 Å². The molecule has 0 spiro atoms. The minimum atomic E-state index is -2.02. The number of carbonyl (C=O) groups excluding carboxylic acids is 1. The normalized spacial score (nSPS) is 11.8. The number of hydrogen-bond donors (Lipinski definition) is 0. The van der Waals surface area contributed by atoms with E-state index in [2.05, 4.69) is 47.5 Å². The van der Waals surface area contributed by atoms with E-state index >= 15 is 0 Å². The van der Waals surface area contributed by atoms with Crippen LogP contribution in [0, 0.1) is 12.3 Å². The molecule has 0 saturated heterocycles. The van der Waals surface area contributed by atoms with Crippen LogP contribution in [0.3, 0.4) is 0 Å². The minimum Gasteiger partial charge on any atom is -0.543 e. The lowest BCUT2D eigenvalue weighted by molar-refractivity contribution is 0.112. The molecule has 0 aliphatic heterocycles. The van der Waals surface area contributed by atoms with Crippen molar-refractivity contribution < 1.29 is 9.22 Å². The van der Waals surface area contributed by atoms with Crippen LogP contribution in [0.25, 0.3) is 0 Å². The number of hydrogen-bond acceptors (Lipinski definition) is 2. The first-order valence-corrected chi connectivity index (χ1v) is 9.67. The van der Waals surface area contributed by atoms with Crippen LogP contribution in [0.2, 0.25) is 16.6 Å². The Kier molecular flexibility index (Phi) is 5.80. The van der Waals surface area contributed by atoms with Crippen LogP contribution in [0.5, 0.6) is 5.75 Å². The second kappa shape index (κ2) is 6.95. The van der Waals surface area contributed by atoms with Crippen LogP contribution in [0.4, 0.5) is 0 Å². The Bertz CT molecular complexity index is 517. The molecule has 114 valence electrons. The van der Waals surface area contributed by atoms with Gasteiger partial charge in [-0.05, 0) is 34.8 Å². The van der Waals surface area contributed by atoms with Gasteiger partial charge >= 0.3 is 0 Å². The van der Waals surface area contributed by atoms with Crippen molar-refractivity contribution in [3.63, 3.8) is 0 Å². The molecule has 0 bridgehead atoms. The zero-order valence-corrected chi connectivity index (χ0v) is 14.9. The Morgan fingerprint density at radius 2 is 1.57 bits per heavy atom. The highest BCUT2D eigenvalue weighted by Gasteiger charge is 2.47. The molecule has 0 atom stereocenters. The highest BCUT2D eigenvalue weighted by molar-refractivity contribution is 6.78. The first kappa shape index (κ1) is 17.5. The molecule has 0 fully saturated rings. The fourth-order valence-electron chi connectivity index (χ4n) is 3.39. The van der Waals surface area contributed by atoms with Gasteiger partial charge < -0.3 is 4.43 Å². The number of rotatable bonds is 6. The first-order valence-electron chi connectivity index (χ1n) is 7.53. The molecule has 0 aliphatic carbocycles. The van der Waals surface area contributed by atoms with Gasteiger partial charge in [0.1, 0.15) is 12.0 Å². The maximum absolute atomic E-state index is 11.1. The third kappa shape index (κ3) is 3.57. The molecule has 3 heteroatoms. The molecule has 0 saturated carbocycles. The Morgan fingerprint density at radius 1 is 1.05 bits per heavy atom. The van der Waals surface area contributed by atoms with Crippen molar-refractivity contribution in [1.82, 2.24) is 0 Å². The molecule has 0 amide bonds. The lowest BCUT2D eigenvalue weighted by atomic mass is 10.1. The van der Waals surface area contributed by atoms with Gasteiger partial charge in [-0.25, -0.2) is 0 Å². The average molecular weight is 302 g/mol. The lowest BCUT2D eigenvalue weighted by Gasteiger charge is -2.42. The van der Waals surface area contributed by atoms with E-state index in [-0.39, 0.29) is 0 Å². The molecule has 1 aromatic carbocycles. The molecule has 0 unspecified atom stereocenters. The Labute approximate surface area is 130 Å². The molecule has 0 heterocycles. The predicted octanol–water partition coefficient (Wildman–Crippen LogP) is 5.03. The van der Waals surface area contributed by atoms with Crippen molar-refractivity contribution in [3.05, 3.63) is 29.3 Å². The van der Waals surface area contributed by atoms with Crippen LogP contribution in [0.1, 0.15) is 57.5 Å². The molecule has 1 aromatic rings. The van der Waals surface area contributed by atoms with Crippen molar-refractivity contribution >= 4 is 14.6 Å². The maximum Gasteiger partial charge on any atom is 0.258 e. The SMILES string of the molecule is C#Cc1cc(C=O)cc(O[Si](C(C)C)(C(C)C)C(C)C)c1. The van der Waals surface area contributed by atoms with Crippen molar-refractivity contribution in [3.8, 4) is 18.1 Å². The topological polar surface area (TPSA) is 26.3 Å². The summed E-state index contributed by atoms with van der Waals surface area (Å²) in [4.78, 5) is 11.1. The highest BCUT2D eigenvalue weighted by Crippen LogP contribution is 2.42. The standard InChI is InChI=1S/C18H26O2Si/c1-8-16-9-17(12-19)11-18(10-16)20-21(13(2)3,14(4)5)15(6)7/h1,9-15H,2-7H3. The van der Waals surface area contributed by atoms with Crippen LogP contribution in [-0.4, -0.2) is 14.6 Å². The monoisotopic (exact) mass is 302 g/mol. The second-order valence-corrected chi connectivity index (χ2v) is 11.8. The number of terminal acetylenes is 1. The van der Waals surface area contributed by atoms with Gasteiger partial charge in [0.05, 0.1) is 0 Å². The summed E-state index contributed by atoms with van der Waals surface area (Å²) in [6.07, 6.45) is 6.29. The van der Waals surface area contributed by atoms with E-state index in [1.54, 1.807) is 12.1 Å². The molecular weight excluding hydrogens is 276 g/mol. The third-order valence-corrected chi connectivity index (χ3v) is 10.2. The molecular formula is C18H26O2Si. The molecule has 0 aromatic heterocycles. The van der Waals surface area contributed by atoms with Gasteiger partial charge in [0.25, 0.3) is 8.32 Å². The summed E-state index contributed by atoms with van der Waals surface area (Å²) in [6, 6.07) is 5.37. The second-order valence-electron chi connectivity index (χ2n) is 6.47. The van der Waals surface area contributed by atoms with Gasteiger partial charge in [0.2, 0.25) is 0 Å². The van der Waals surface area contributed by atoms with Crippen molar-refractivity contribution in [2.24, 2.45) is 0 Å². The summed E-state index contributed by atoms with van der Waals surface area (Å²) in [5, 5.41) is 0. The summed E-state index contributed by atoms with van der Waals surface area (Å²) >= 11 is 0. The molecule has 21 heavy (non-hydrogen) atoms. The minimum absolute atomic E-state index is 0.478. The van der Waals surface area contributed by atoms with Gasteiger partial charge in [-0.15, -0.1) is 6.42 Å². The summed E-state index contributed by atoms with van der Waals surface area (Å²) in [6.45, 7) is 13.4. The number of benzene rings is 1. The van der Waals surface area contributed by atoms with E-state index < -0.39 is 8.32 Å². The molecule has 0 aliphatic rings. The van der Waals surface area contributed by atoms with Crippen molar-refractivity contribution in [2.45, 2.75) is 58.2 Å². The Morgan fingerprint density at radius 3 is 1.95 bits per heavy atom. The largest absolute Gasteiger partial charge is 0.543 e. The van der Waals surface area contributed by atoms with Gasteiger partial charge in [0.15, 0.2) is 0 Å². The van der Waals surface area contributed by atoms with E-state index in [1.807, 2.05) is 6.07 Å². The molecule has 0 radical (unpaired) electrons. The van der Waals surface area contributed by atoms with Crippen molar-refractivity contribution in [1.29, 1.82) is 0 Å². The number of aldehydes is 1. The van der Waals surface area contributed by atoms with E-state index in [0.29, 0.717) is 27.8 Å². The maximum atomic E-state index is 11.1. The highest BCUT2D eigenvalue weighted by atomic mass is 28.4. The van der Waals surface area contributed by atoms with E-state index in [9.17, 15) is 4.79 Å². The third-order valence-electron chi connectivity index (χ3n) is 4.23. The first-order chi connectivity index (χ1) is 9.77. The smallest absolute Gasteiger partial charge is 0.258 e.